The Balaban J connectivity index is 2.30. The fraction of sp³-hybridized carbons (Fsp3) is 0.231. The first-order valence-corrected chi connectivity index (χ1v) is 6.22. The molecule has 0 unspecified atom stereocenters. The van der Waals surface area contributed by atoms with Crippen LogP contribution in [-0.2, 0) is 0 Å². The lowest BCUT2D eigenvalue weighted by Crippen LogP contribution is -2.00. The molecule has 1 heterocycles. The van der Waals surface area contributed by atoms with Crippen molar-refractivity contribution in [2.45, 2.75) is 6.92 Å². The Morgan fingerprint density at radius 2 is 2.00 bits per heavy atom. The first kappa shape index (κ1) is 13.4. The lowest BCUT2D eigenvalue weighted by atomic mass is 10.3. The van der Waals surface area contributed by atoms with Crippen LogP contribution in [0.5, 0.6) is 17.4 Å². The zero-order chi connectivity index (χ0) is 13.7. The van der Waals surface area contributed by atoms with Crippen LogP contribution in [0.15, 0.2) is 30.5 Å². The number of nitrogens with one attached hydrogen (secondary N) is 1. The molecular formula is C13H14ClN3O2. The maximum absolute atomic E-state index is 6.01. The van der Waals surface area contributed by atoms with Crippen molar-refractivity contribution in [3.05, 3.63) is 35.5 Å². The average Bonchev–Trinajstić information content (AvgIpc) is 2.43. The molecule has 2 rings (SSSR count). The lowest BCUT2D eigenvalue weighted by Gasteiger charge is -2.11. The molecule has 0 saturated heterocycles. The van der Waals surface area contributed by atoms with Crippen molar-refractivity contribution < 1.29 is 9.47 Å². The summed E-state index contributed by atoms with van der Waals surface area (Å²) in [6.45, 7) is 2.47. The van der Waals surface area contributed by atoms with Gasteiger partial charge in [0, 0.05) is 7.05 Å². The SMILES string of the molecule is CCOc1ccccc1Oc1nc(NC)ncc1Cl. The quantitative estimate of drug-likeness (QED) is 0.909. The Labute approximate surface area is 116 Å². The Hall–Kier alpha value is -2.01. The van der Waals surface area contributed by atoms with Crippen LogP contribution in [0.25, 0.3) is 0 Å². The van der Waals surface area contributed by atoms with Crippen molar-refractivity contribution in [1.29, 1.82) is 0 Å². The van der Waals surface area contributed by atoms with E-state index in [9.17, 15) is 0 Å². The third-order valence-corrected chi connectivity index (χ3v) is 2.55. The topological polar surface area (TPSA) is 56.3 Å². The number of hydrogen-bond donors (Lipinski definition) is 1. The summed E-state index contributed by atoms with van der Waals surface area (Å²) in [6, 6.07) is 7.35. The standard InChI is InChI=1S/C13H14ClN3O2/c1-3-18-10-6-4-5-7-11(10)19-12-9(14)8-16-13(15-2)17-12/h4-8H,3H2,1-2H3,(H,15,16,17). The van der Waals surface area contributed by atoms with Gasteiger partial charge < -0.3 is 14.8 Å². The van der Waals surface area contributed by atoms with Crippen molar-refractivity contribution in [2.24, 2.45) is 0 Å². The van der Waals surface area contributed by atoms with Crippen LogP contribution < -0.4 is 14.8 Å². The normalized spacial score (nSPS) is 10.1. The van der Waals surface area contributed by atoms with Gasteiger partial charge in [-0.2, -0.15) is 4.98 Å². The molecule has 1 aromatic heterocycles. The summed E-state index contributed by atoms with van der Waals surface area (Å²) in [5.74, 6) is 1.93. The molecule has 0 atom stereocenters. The van der Waals surface area contributed by atoms with Crippen LogP contribution in [0.3, 0.4) is 0 Å². The predicted molar refractivity (Wildman–Crippen MR) is 74.3 cm³/mol. The summed E-state index contributed by atoms with van der Waals surface area (Å²) in [5, 5.41) is 3.17. The van der Waals surface area contributed by atoms with Gasteiger partial charge in [-0.15, -0.1) is 0 Å². The van der Waals surface area contributed by atoms with Gasteiger partial charge in [0.25, 0.3) is 0 Å². The molecule has 0 bridgehead atoms. The summed E-state index contributed by atoms with van der Waals surface area (Å²) < 4.78 is 11.2. The van der Waals surface area contributed by atoms with Crippen molar-refractivity contribution in [3.8, 4) is 17.4 Å². The first-order valence-electron chi connectivity index (χ1n) is 5.84. The molecule has 0 radical (unpaired) electrons. The van der Waals surface area contributed by atoms with Gasteiger partial charge >= 0.3 is 0 Å². The van der Waals surface area contributed by atoms with Crippen LogP contribution in [-0.4, -0.2) is 23.6 Å². The Morgan fingerprint density at radius 1 is 1.26 bits per heavy atom. The van der Waals surface area contributed by atoms with Gasteiger partial charge in [0.05, 0.1) is 12.8 Å². The van der Waals surface area contributed by atoms with Crippen LogP contribution in [0.2, 0.25) is 5.02 Å². The van der Waals surface area contributed by atoms with Crippen LogP contribution in [0, 0.1) is 0 Å². The van der Waals surface area contributed by atoms with Gasteiger partial charge in [-0.1, -0.05) is 23.7 Å². The summed E-state index contributed by atoms with van der Waals surface area (Å²) >= 11 is 6.01. The summed E-state index contributed by atoms with van der Waals surface area (Å²) in [5.41, 5.74) is 0. The third-order valence-electron chi connectivity index (χ3n) is 2.29. The molecule has 0 aliphatic carbocycles. The molecule has 0 amide bonds. The van der Waals surface area contributed by atoms with Gasteiger partial charge in [0.2, 0.25) is 11.8 Å². The van der Waals surface area contributed by atoms with Crippen LogP contribution in [0.4, 0.5) is 5.95 Å². The second-order valence-corrected chi connectivity index (χ2v) is 3.99. The van der Waals surface area contributed by atoms with Gasteiger partial charge in [0.1, 0.15) is 5.02 Å². The maximum atomic E-state index is 6.01. The molecule has 1 N–H and O–H groups in total. The largest absolute Gasteiger partial charge is 0.490 e. The number of aromatic nitrogens is 2. The van der Waals surface area contributed by atoms with E-state index in [0.717, 1.165) is 0 Å². The molecule has 0 saturated carbocycles. The third kappa shape index (κ3) is 3.26. The van der Waals surface area contributed by atoms with Gasteiger partial charge in [-0.05, 0) is 19.1 Å². The molecule has 6 heteroatoms. The number of ether oxygens (including phenoxy) is 2. The number of nitrogens with zero attached hydrogens (tertiary/aromatic N) is 2. The number of benzene rings is 1. The van der Waals surface area contributed by atoms with E-state index < -0.39 is 0 Å². The number of halogens is 1. The smallest absolute Gasteiger partial charge is 0.243 e. The predicted octanol–water partition coefficient (Wildman–Crippen LogP) is 3.36. The molecule has 0 aliphatic rings. The van der Waals surface area contributed by atoms with E-state index in [0.29, 0.717) is 29.1 Å². The highest BCUT2D eigenvalue weighted by Gasteiger charge is 2.10. The molecular weight excluding hydrogens is 266 g/mol. The number of rotatable bonds is 5. The second kappa shape index (κ2) is 6.24. The Morgan fingerprint density at radius 3 is 2.68 bits per heavy atom. The van der Waals surface area contributed by atoms with Crippen LogP contribution in [0.1, 0.15) is 6.92 Å². The fourth-order valence-electron chi connectivity index (χ4n) is 1.46. The minimum atomic E-state index is 0.285. The minimum Gasteiger partial charge on any atom is -0.490 e. The van der Waals surface area contributed by atoms with E-state index in [4.69, 9.17) is 21.1 Å². The van der Waals surface area contributed by atoms with Gasteiger partial charge in [-0.25, -0.2) is 4.98 Å². The number of hydrogen-bond acceptors (Lipinski definition) is 5. The van der Waals surface area contributed by atoms with E-state index in [1.54, 1.807) is 13.1 Å². The van der Waals surface area contributed by atoms with Crippen LogP contribution >= 0.6 is 11.6 Å². The molecule has 5 nitrogen and oxygen atoms in total. The summed E-state index contributed by atoms with van der Waals surface area (Å²) in [6.07, 6.45) is 1.49. The Bertz CT molecular complexity index is 563. The van der Waals surface area contributed by atoms with Crippen molar-refractivity contribution in [1.82, 2.24) is 9.97 Å². The van der Waals surface area contributed by atoms with E-state index >= 15 is 0 Å². The highest BCUT2D eigenvalue weighted by Crippen LogP contribution is 2.33. The highest BCUT2D eigenvalue weighted by molar-refractivity contribution is 6.31. The second-order valence-electron chi connectivity index (χ2n) is 3.58. The zero-order valence-electron chi connectivity index (χ0n) is 10.7. The molecule has 19 heavy (non-hydrogen) atoms. The maximum Gasteiger partial charge on any atom is 0.243 e. The van der Waals surface area contributed by atoms with Crippen molar-refractivity contribution in [3.63, 3.8) is 0 Å². The summed E-state index contributed by atoms with van der Waals surface area (Å²) in [4.78, 5) is 8.15. The first-order chi connectivity index (χ1) is 9.24. The lowest BCUT2D eigenvalue weighted by molar-refractivity contribution is 0.319. The van der Waals surface area contributed by atoms with E-state index in [1.165, 1.54) is 6.20 Å². The summed E-state index contributed by atoms with van der Waals surface area (Å²) in [7, 11) is 1.72. The Kier molecular flexibility index (Phi) is 4.41. The minimum absolute atomic E-state index is 0.285. The fourth-order valence-corrected chi connectivity index (χ4v) is 1.59. The van der Waals surface area contributed by atoms with Gasteiger partial charge in [0.15, 0.2) is 11.5 Å². The van der Waals surface area contributed by atoms with Crippen molar-refractivity contribution in [2.75, 3.05) is 19.0 Å². The van der Waals surface area contributed by atoms with E-state index in [2.05, 4.69) is 15.3 Å². The molecule has 0 fully saturated rings. The molecule has 100 valence electrons. The van der Waals surface area contributed by atoms with Gasteiger partial charge in [-0.3, -0.25) is 0 Å². The zero-order valence-corrected chi connectivity index (χ0v) is 11.4. The number of para-hydroxylation sites is 2. The molecule has 1 aromatic carbocycles. The monoisotopic (exact) mass is 279 g/mol. The molecule has 0 aliphatic heterocycles. The highest BCUT2D eigenvalue weighted by atomic mass is 35.5. The number of anilines is 1. The molecule has 2 aromatic rings. The van der Waals surface area contributed by atoms with E-state index in [1.807, 2.05) is 25.1 Å². The average molecular weight is 280 g/mol. The van der Waals surface area contributed by atoms with E-state index in [-0.39, 0.29) is 5.88 Å². The molecule has 0 spiro atoms. The van der Waals surface area contributed by atoms with Crippen molar-refractivity contribution >= 4 is 17.5 Å².